The Morgan fingerprint density at radius 1 is 1.13 bits per heavy atom. The first kappa shape index (κ1) is 24.9. The van der Waals surface area contributed by atoms with Crippen LogP contribution in [0, 0.1) is 5.82 Å². The molecule has 2 N–H and O–H groups in total. The smallest absolute Gasteiger partial charge is 0.352 e. The lowest BCUT2D eigenvalue weighted by molar-refractivity contribution is -0.143. The van der Waals surface area contributed by atoms with E-state index in [4.69, 9.17) is 11.6 Å². The Balaban J connectivity index is 2.01. The summed E-state index contributed by atoms with van der Waals surface area (Å²) in [5, 5.41) is 2.40. The summed E-state index contributed by atoms with van der Waals surface area (Å²) in [6.45, 7) is -0.846. The maximum Gasteiger partial charge on any atom is 0.401 e. The maximum absolute atomic E-state index is 13.0. The van der Waals surface area contributed by atoms with Crippen molar-refractivity contribution in [2.75, 3.05) is 31.4 Å². The molecule has 0 radical (unpaired) electrons. The first-order valence-corrected chi connectivity index (χ1v) is 10.8. The van der Waals surface area contributed by atoms with E-state index in [1.807, 2.05) is 0 Å². The fourth-order valence-corrected chi connectivity index (χ4v) is 4.20. The van der Waals surface area contributed by atoms with Crippen molar-refractivity contribution in [2.24, 2.45) is 0 Å². The van der Waals surface area contributed by atoms with Crippen molar-refractivity contribution in [2.45, 2.75) is 17.5 Å². The summed E-state index contributed by atoms with van der Waals surface area (Å²) in [5.74, 6) is -1.14. The van der Waals surface area contributed by atoms with Crippen LogP contribution >= 0.6 is 11.6 Å². The van der Waals surface area contributed by atoms with Crippen LogP contribution in [0.4, 0.5) is 23.2 Å². The van der Waals surface area contributed by atoms with Crippen molar-refractivity contribution in [3.8, 4) is 0 Å². The summed E-state index contributed by atoms with van der Waals surface area (Å²) in [6, 6.07) is 8.27. The fourth-order valence-electron chi connectivity index (χ4n) is 2.62. The number of carbonyl (C=O) groups excluding carboxylic acids is 1. The summed E-state index contributed by atoms with van der Waals surface area (Å²) in [4.78, 5) is 13.0. The minimum Gasteiger partial charge on any atom is -0.352 e. The summed E-state index contributed by atoms with van der Waals surface area (Å²) in [7, 11) is -2.85. The van der Waals surface area contributed by atoms with E-state index in [2.05, 4.69) is 10.0 Å². The van der Waals surface area contributed by atoms with Gasteiger partial charge in [0.2, 0.25) is 0 Å². The van der Waals surface area contributed by atoms with Gasteiger partial charge in [-0.3, -0.25) is 14.4 Å². The van der Waals surface area contributed by atoms with Crippen LogP contribution in [0.3, 0.4) is 0 Å². The molecule has 0 aromatic heterocycles. The van der Waals surface area contributed by atoms with Crippen LogP contribution in [0.2, 0.25) is 5.02 Å². The highest BCUT2D eigenvalue weighted by Gasteiger charge is 2.28. The second-order valence-corrected chi connectivity index (χ2v) is 8.78. The van der Waals surface area contributed by atoms with Gasteiger partial charge in [-0.15, -0.1) is 0 Å². The zero-order valence-electron chi connectivity index (χ0n) is 16.3. The van der Waals surface area contributed by atoms with Gasteiger partial charge in [0.15, 0.2) is 0 Å². The molecule has 0 spiro atoms. The van der Waals surface area contributed by atoms with E-state index in [-0.39, 0.29) is 40.7 Å². The van der Waals surface area contributed by atoms with Crippen molar-refractivity contribution in [1.29, 1.82) is 0 Å². The topological polar surface area (TPSA) is 78.5 Å². The van der Waals surface area contributed by atoms with Crippen molar-refractivity contribution < 1.29 is 30.8 Å². The van der Waals surface area contributed by atoms with Crippen LogP contribution in [-0.4, -0.2) is 52.1 Å². The molecule has 0 heterocycles. The summed E-state index contributed by atoms with van der Waals surface area (Å²) >= 11 is 5.98. The van der Waals surface area contributed by atoms with Crippen LogP contribution in [0.5, 0.6) is 0 Å². The molecule has 0 bridgehead atoms. The SMILES string of the molecule is CN(CCCNC(=O)c1ccc(Cl)c(S(=O)(=O)Nc2ccc(F)cc2)c1)CC(F)(F)F. The molecule has 0 aliphatic rings. The van der Waals surface area contributed by atoms with E-state index in [1.54, 1.807) is 0 Å². The predicted molar refractivity (Wildman–Crippen MR) is 109 cm³/mol. The Bertz CT molecular complexity index is 1020. The van der Waals surface area contributed by atoms with Crippen molar-refractivity contribution in [3.63, 3.8) is 0 Å². The zero-order valence-corrected chi connectivity index (χ0v) is 17.9. The molecule has 1 amide bonds. The minimum absolute atomic E-state index is 0.00697. The van der Waals surface area contributed by atoms with E-state index < -0.39 is 34.5 Å². The highest BCUT2D eigenvalue weighted by atomic mass is 35.5. The quantitative estimate of drug-likeness (QED) is 0.421. The lowest BCUT2D eigenvalue weighted by atomic mass is 10.2. The number of amides is 1. The number of hydrogen-bond donors (Lipinski definition) is 2. The Labute approximate surface area is 182 Å². The Morgan fingerprint density at radius 3 is 2.39 bits per heavy atom. The van der Waals surface area contributed by atoms with Gasteiger partial charge in [0.25, 0.3) is 15.9 Å². The largest absolute Gasteiger partial charge is 0.401 e. The first-order chi connectivity index (χ1) is 14.4. The zero-order chi connectivity index (χ0) is 23.2. The second kappa shape index (κ2) is 10.3. The van der Waals surface area contributed by atoms with Gasteiger partial charge in [0.1, 0.15) is 10.7 Å². The van der Waals surface area contributed by atoms with Gasteiger partial charge < -0.3 is 5.32 Å². The molecule has 12 heteroatoms. The Morgan fingerprint density at radius 2 is 1.77 bits per heavy atom. The number of anilines is 1. The molecule has 0 saturated heterocycles. The number of alkyl halides is 3. The third kappa shape index (κ3) is 8.00. The minimum atomic E-state index is -4.30. The predicted octanol–water partition coefficient (Wildman–Crippen LogP) is 3.89. The van der Waals surface area contributed by atoms with Crippen LogP contribution < -0.4 is 10.0 Å². The van der Waals surface area contributed by atoms with Crippen LogP contribution in [0.15, 0.2) is 47.4 Å². The molecule has 0 atom stereocenters. The normalized spacial score (nSPS) is 12.1. The summed E-state index contributed by atoms with van der Waals surface area (Å²) < 4.78 is 77.3. The number of nitrogens with zero attached hydrogens (tertiary/aromatic N) is 1. The van der Waals surface area contributed by atoms with Crippen molar-refractivity contribution in [3.05, 3.63) is 58.9 Å². The molecular weight excluding hydrogens is 462 g/mol. The first-order valence-electron chi connectivity index (χ1n) is 8.99. The van der Waals surface area contributed by atoms with Gasteiger partial charge in [0, 0.05) is 17.8 Å². The lowest BCUT2D eigenvalue weighted by Crippen LogP contribution is -2.33. The standard InChI is InChI=1S/C19H20ClF4N3O3S/c1-27(12-19(22,23)24)10-2-9-25-18(28)13-3-8-16(20)17(11-13)31(29,30)26-15-6-4-14(21)5-7-15/h3-8,11,26H,2,9-10,12H2,1H3,(H,25,28). The van der Waals surface area contributed by atoms with Gasteiger partial charge in [-0.1, -0.05) is 11.6 Å². The molecule has 2 aromatic carbocycles. The van der Waals surface area contributed by atoms with Gasteiger partial charge in [-0.05, 0) is 62.5 Å². The third-order valence-electron chi connectivity index (χ3n) is 4.03. The van der Waals surface area contributed by atoms with Crippen LogP contribution in [0.25, 0.3) is 0 Å². The number of sulfonamides is 1. The average Bonchev–Trinajstić information content (AvgIpc) is 2.65. The van der Waals surface area contributed by atoms with E-state index in [0.29, 0.717) is 0 Å². The molecule has 2 rings (SSSR count). The van der Waals surface area contributed by atoms with E-state index >= 15 is 0 Å². The molecule has 0 aliphatic carbocycles. The molecule has 170 valence electrons. The molecule has 0 aliphatic heterocycles. The van der Waals surface area contributed by atoms with Crippen LogP contribution in [-0.2, 0) is 10.0 Å². The number of benzene rings is 2. The molecule has 2 aromatic rings. The third-order valence-corrected chi connectivity index (χ3v) is 5.89. The molecular formula is C19H20ClF4N3O3S. The number of hydrogen-bond acceptors (Lipinski definition) is 4. The molecule has 0 unspecified atom stereocenters. The number of carbonyl (C=O) groups is 1. The van der Waals surface area contributed by atoms with Gasteiger partial charge in [-0.25, -0.2) is 12.8 Å². The van der Waals surface area contributed by atoms with Gasteiger partial charge >= 0.3 is 6.18 Å². The van der Waals surface area contributed by atoms with E-state index in [1.165, 1.54) is 31.3 Å². The van der Waals surface area contributed by atoms with Crippen molar-refractivity contribution in [1.82, 2.24) is 10.2 Å². The Hall–Kier alpha value is -2.37. The fraction of sp³-hybridized carbons (Fsp3) is 0.316. The number of rotatable bonds is 9. The van der Waals surface area contributed by atoms with Crippen LogP contribution in [0.1, 0.15) is 16.8 Å². The monoisotopic (exact) mass is 481 g/mol. The molecule has 0 fully saturated rings. The highest BCUT2D eigenvalue weighted by Crippen LogP contribution is 2.25. The van der Waals surface area contributed by atoms with E-state index in [9.17, 15) is 30.8 Å². The van der Waals surface area contributed by atoms with Crippen molar-refractivity contribution >= 4 is 33.2 Å². The molecule has 6 nitrogen and oxygen atoms in total. The lowest BCUT2D eigenvalue weighted by Gasteiger charge is -2.18. The average molecular weight is 482 g/mol. The van der Waals surface area contributed by atoms with Gasteiger partial charge in [0.05, 0.1) is 11.6 Å². The van der Waals surface area contributed by atoms with E-state index in [0.717, 1.165) is 23.1 Å². The summed E-state index contributed by atoms with van der Waals surface area (Å²) in [5.41, 5.74) is 0.114. The van der Waals surface area contributed by atoms with Gasteiger partial charge in [-0.2, -0.15) is 13.2 Å². The number of nitrogens with one attached hydrogen (secondary N) is 2. The molecule has 31 heavy (non-hydrogen) atoms. The second-order valence-electron chi connectivity index (χ2n) is 6.72. The summed E-state index contributed by atoms with van der Waals surface area (Å²) in [6.07, 6.45) is -4.03. The molecule has 0 saturated carbocycles. The maximum atomic E-state index is 13.0. The number of halogens is 5. The Kier molecular flexibility index (Phi) is 8.27. The highest BCUT2D eigenvalue weighted by molar-refractivity contribution is 7.92.